The Kier molecular flexibility index (Phi) is 6.24. The van der Waals surface area contributed by atoms with Crippen molar-refractivity contribution in [1.29, 1.82) is 0 Å². The highest BCUT2D eigenvalue weighted by molar-refractivity contribution is 5.72. The summed E-state index contributed by atoms with van der Waals surface area (Å²) in [6.45, 7) is 6.27. The van der Waals surface area contributed by atoms with E-state index in [1.807, 2.05) is 32.9 Å². The standard InChI is InChI=1S/C19H30N2O3/c1-19(2,3)24-18(23)13-21(16-10-6-5-9-15(16)20)12-14-8-4-7-11-17(14)22/h4,7-8,11,15-16,22H,5-6,9-10,12-13,20H2,1-3H3/t15-,16-/m1/s1. The number of phenols is 1. The number of rotatable bonds is 5. The van der Waals surface area contributed by atoms with Gasteiger partial charge < -0.3 is 15.6 Å². The average molecular weight is 334 g/mol. The number of phenolic OH excluding ortho intramolecular Hbond substituents is 1. The van der Waals surface area contributed by atoms with Crippen LogP contribution >= 0.6 is 0 Å². The molecule has 1 fully saturated rings. The predicted octanol–water partition coefficient (Wildman–Crippen LogP) is 2.81. The molecule has 2 atom stereocenters. The smallest absolute Gasteiger partial charge is 0.320 e. The van der Waals surface area contributed by atoms with Gasteiger partial charge in [-0.3, -0.25) is 9.69 Å². The Morgan fingerprint density at radius 1 is 1.29 bits per heavy atom. The Hall–Kier alpha value is -1.59. The fourth-order valence-electron chi connectivity index (χ4n) is 3.29. The van der Waals surface area contributed by atoms with Gasteiger partial charge >= 0.3 is 5.97 Å². The van der Waals surface area contributed by atoms with E-state index in [-0.39, 0.29) is 30.3 Å². The summed E-state index contributed by atoms with van der Waals surface area (Å²) in [5.41, 5.74) is 6.62. The van der Waals surface area contributed by atoms with Crippen molar-refractivity contribution in [3.63, 3.8) is 0 Å². The van der Waals surface area contributed by atoms with E-state index in [0.29, 0.717) is 6.54 Å². The molecular formula is C19H30N2O3. The van der Waals surface area contributed by atoms with Gasteiger partial charge in [-0.05, 0) is 39.7 Å². The fraction of sp³-hybridized carbons (Fsp3) is 0.632. The summed E-state index contributed by atoms with van der Waals surface area (Å²) < 4.78 is 5.48. The number of nitrogens with zero attached hydrogens (tertiary/aromatic N) is 1. The number of carbonyl (C=O) groups is 1. The van der Waals surface area contributed by atoms with Gasteiger partial charge in [0.1, 0.15) is 11.4 Å². The molecule has 134 valence electrons. The summed E-state index contributed by atoms with van der Waals surface area (Å²) in [6, 6.07) is 7.41. The van der Waals surface area contributed by atoms with Crippen LogP contribution in [-0.4, -0.2) is 40.2 Å². The lowest BCUT2D eigenvalue weighted by Crippen LogP contribution is -2.51. The topological polar surface area (TPSA) is 75.8 Å². The van der Waals surface area contributed by atoms with Crippen LogP contribution < -0.4 is 5.73 Å². The van der Waals surface area contributed by atoms with Gasteiger partial charge in [-0.1, -0.05) is 31.0 Å². The number of nitrogens with two attached hydrogens (primary N) is 1. The summed E-state index contributed by atoms with van der Waals surface area (Å²) in [6.07, 6.45) is 4.19. The van der Waals surface area contributed by atoms with Crippen LogP contribution in [0.1, 0.15) is 52.0 Å². The molecule has 3 N–H and O–H groups in total. The van der Waals surface area contributed by atoms with Crippen LogP contribution in [0.3, 0.4) is 0 Å². The quantitative estimate of drug-likeness (QED) is 0.810. The first-order chi connectivity index (χ1) is 11.3. The zero-order chi connectivity index (χ0) is 17.7. The van der Waals surface area contributed by atoms with Crippen molar-refractivity contribution in [3.8, 4) is 5.75 Å². The molecule has 0 radical (unpaired) electrons. The molecule has 2 rings (SSSR count). The molecule has 1 aromatic carbocycles. The first kappa shape index (κ1) is 18.7. The molecule has 0 amide bonds. The van der Waals surface area contributed by atoms with Gasteiger partial charge in [-0.25, -0.2) is 0 Å². The van der Waals surface area contributed by atoms with Crippen LogP contribution in [0.25, 0.3) is 0 Å². The SMILES string of the molecule is CC(C)(C)OC(=O)CN(Cc1ccccc1O)[C@@H]1CCCC[C@H]1N. The zero-order valence-corrected chi connectivity index (χ0v) is 15.0. The Morgan fingerprint density at radius 3 is 2.58 bits per heavy atom. The number of aromatic hydroxyl groups is 1. The maximum atomic E-state index is 12.3. The van der Waals surface area contributed by atoms with Crippen LogP contribution in [0.5, 0.6) is 5.75 Å². The number of hydrogen-bond donors (Lipinski definition) is 2. The molecule has 0 unspecified atom stereocenters. The number of carbonyl (C=O) groups excluding carboxylic acids is 1. The van der Waals surface area contributed by atoms with Gasteiger partial charge in [0.2, 0.25) is 0 Å². The lowest BCUT2D eigenvalue weighted by Gasteiger charge is -2.38. The van der Waals surface area contributed by atoms with Crippen LogP contribution in [0.2, 0.25) is 0 Å². The number of ether oxygens (including phenoxy) is 1. The zero-order valence-electron chi connectivity index (χ0n) is 15.0. The van der Waals surface area contributed by atoms with Gasteiger partial charge in [0.15, 0.2) is 0 Å². The van der Waals surface area contributed by atoms with Gasteiger partial charge in [0, 0.05) is 24.2 Å². The Morgan fingerprint density at radius 2 is 1.96 bits per heavy atom. The lowest BCUT2D eigenvalue weighted by atomic mass is 9.89. The van der Waals surface area contributed by atoms with E-state index >= 15 is 0 Å². The molecule has 5 nitrogen and oxygen atoms in total. The van der Waals surface area contributed by atoms with Crippen molar-refractivity contribution in [2.24, 2.45) is 5.73 Å². The minimum absolute atomic E-state index is 0.0482. The molecule has 5 heteroatoms. The van der Waals surface area contributed by atoms with Crippen molar-refractivity contribution < 1.29 is 14.6 Å². The first-order valence-corrected chi connectivity index (χ1v) is 8.74. The third-order valence-electron chi connectivity index (χ3n) is 4.37. The van der Waals surface area contributed by atoms with E-state index in [2.05, 4.69) is 4.90 Å². The third-order valence-corrected chi connectivity index (χ3v) is 4.37. The van der Waals surface area contributed by atoms with E-state index in [4.69, 9.17) is 10.5 Å². The average Bonchev–Trinajstić information content (AvgIpc) is 2.47. The maximum Gasteiger partial charge on any atom is 0.320 e. The second-order valence-corrected chi connectivity index (χ2v) is 7.64. The Balaban J connectivity index is 2.14. The molecule has 1 aromatic rings. The summed E-state index contributed by atoms with van der Waals surface area (Å²) in [7, 11) is 0. The largest absolute Gasteiger partial charge is 0.508 e. The van der Waals surface area contributed by atoms with Crippen molar-refractivity contribution >= 4 is 5.97 Å². The third kappa shape index (κ3) is 5.49. The van der Waals surface area contributed by atoms with E-state index < -0.39 is 5.60 Å². The van der Waals surface area contributed by atoms with Crippen molar-refractivity contribution in [1.82, 2.24) is 4.90 Å². The fourth-order valence-corrected chi connectivity index (χ4v) is 3.29. The van der Waals surface area contributed by atoms with Crippen LogP contribution in [0.4, 0.5) is 0 Å². The summed E-state index contributed by atoms with van der Waals surface area (Å²) in [4.78, 5) is 14.4. The van der Waals surface area contributed by atoms with Crippen LogP contribution in [0, 0.1) is 0 Å². The molecule has 0 aliphatic heterocycles. The minimum Gasteiger partial charge on any atom is -0.508 e. The first-order valence-electron chi connectivity index (χ1n) is 8.74. The Bertz CT molecular complexity index is 554. The number of benzene rings is 1. The molecule has 0 saturated heterocycles. The van der Waals surface area contributed by atoms with Gasteiger partial charge in [-0.15, -0.1) is 0 Å². The minimum atomic E-state index is -0.508. The number of hydrogen-bond acceptors (Lipinski definition) is 5. The van der Waals surface area contributed by atoms with Gasteiger partial charge in [0.05, 0.1) is 6.54 Å². The maximum absolute atomic E-state index is 12.3. The van der Waals surface area contributed by atoms with E-state index in [1.54, 1.807) is 12.1 Å². The molecular weight excluding hydrogens is 304 g/mol. The van der Waals surface area contributed by atoms with E-state index in [1.165, 1.54) is 0 Å². The molecule has 0 spiro atoms. The predicted molar refractivity (Wildman–Crippen MR) is 94.6 cm³/mol. The lowest BCUT2D eigenvalue weighted by molar-refractivity contribution is -0.157. The molecule has 0 aromatic heterocycles. The summed E-state index contributed by atoms with van der Waals surface area (Å²) in [5, 5.41) is 10.1. The van der Waals surface area contributed by atoms with Crippen LogP contribution in [0.15, 0.2) is 24.3 Å². The molecule has 1 aliphatic carbocycles. The van der Waals surface area contributed by atoms with Gasteiger partial charge in [0.25, 0.3) is 0 Å². The molecule has 1 aliphatic rings. The highest BCUT2D eigenvalue weighted by atomic mass is 16.6. The van der Waals surface area contributed by atoms with E-state index in [0.717, 1.165) is 31.2 Å². The monoisotopic (exact) mass is 334 g/mol. The highest BCUT2D eigenvalue weighted by Gasteiger charge is 2.30. The summed E-state index contributed by atoms with van der Waals surface area (Å²) >= 11 is 0. The number of esters is 1. The van der Waals surface area contributed by atoms with Gasteiger partial charge in [-0.2, -0.15) is 0 Å². The molecule has 0 bridgehead atoms. The van der Waals surface area contributed by atoms with Crippen LogP contribution in [-0.2, 0) is 16.1 Å². The highest BCUT2D eigenvalue weighted by Crippen LogP contribution is 2.26. The Labute approximate surface area is 144 Å². The molecule has 1 saturated carbocycles. The second kappa shape index (κ2) is 7.99. The van der Waals surface area contributed by atoms with Crippen molar-refractivity contribution in [2.75, 3.05) is 6.54 Å². The number of para-hydroxylation sites is 1. The van der Waals surface area contributed by atoms with E-state index in [9.17, 15) is 9.90 Å². The second-order valence-electron chi connectivity index (χ2n) is 7.64. The normalized spacial score (nSPS) is 21.7. The van der Waals surface area contributed by atoms with Crippen molar-refractivity contribution in [2.45, 2.75) is 70.7 Å². The molecule has 24 heavy (non-hydrogen) atoms. The summed E-state index contributed by atoms with van der Waals surface area (Å²) in [5.74, 6) is -0.00763. The van der Waals surface area contributed by atoms with Crippen molar-refractivity contribution in [3.05, 3.63) is 29.8 Å². The molecule has 0 heterocycles.